The van der Waals surface area contributed by atoms with E-state index in [1.165, 1.54) is 13.1 Å². The van der Waals surface area contributed by atoms with E-state index in [1.54, 1.807) is 36.4 Å². The van der Waals surface area contributed by atoms with Crippen molar-refractivity contribution in [3.05, 3.63) is 64.3 Å². The summed E-state index contributed by atoms with van der Waals surface area (Å²) in [5, 5.41) is 14.9. The van der Waals surface area contributed by atoms with Crippen LogP contribution in [0.3, 0.4) is 0 Å². The van der Waals surface area contributed by atoms with E-state index in [2.05, 4.69) is 25.8 Å². The molecule has 25 heavy (non-hydrogen) atoms. The van der Waals surface area contributed by atoms with Crippen LogP contribution >= 0.6 is 23.2 Å². The Morgan fingerprint density at radius 2 is 1.76 bits per heavy atom. The molecule has 0 fully saturated rings. The van der Waals surface area contributed by atoms with Gasteiger partial charge in [-0.1, -0.05) is 35.3 Å². The van der Waals surface area contributed by atoms with Gasteiger partial charge in [0.05, 0.1) is 6.20 Å². The van der Waals surface area contributed by atoms with Gasteiger partial charge >= 0.3 is 0 Å². The van der Waals surface area contributed by atoms with Crippen LogP contribution in [-0.4, -0.2) is 21.0 Å². The van der Waals surface area contributed by atoms with Gasteiger partial charge < -0.3 is 10.6 Å². The molecule has 2 N–H and O–H groups in total. The van der Waals surface area contributed by atoms with Gasteiger partial charge in [-0.3, -0.25) is 4.79 Å². The highest BCUT2D eigenvalue weighted by Gasteiger charge is 2.05. The molecule has 0 radical (unpaired) electrons. The SMILES string of the molecule is CC(=O)c1cccc(Nc2cnnc(Nc3cc(Cl)cc(Cl)c3)n2)c1. The maximum Gasteiger partial charge on any atom is 0.249 e. The summed E-state index contributed by atoms with van der Waals surface area (Å²) >= 11 is 11.9. The van der Waals surface area contributed by atoms with Crippen LogP contribution in [0.5, 0.6) is 0 Å². The van der Waals surface area contributed by atoms with Gasteiger partial charge in [0.2, 0.25) is 5.95 Å². The first kappa shape index (κ1) is 17.1. The van der Waals surface area contributed by atoms with Crippen LogP contribution in [-0.2, 0) is 0 Å². The zero-order valence-corrected chi connectivity index (χ0v) is 14.6. The predicted octanol–water partition coefficient (Wildman–Crippen LogP) is 4.87. The smallest absolute Gasteiger partial charge is 0.249 e. The quantitative estimate of drug-likeness (QED) is 0.621. The number of Topliss-reactive ketones (excluding diaryl/α,β-unsaturated/α-hetero) is 1. The van der Waals surface area contributed by atoms with Crippen LogP contribution in [0.25, 0.3) is 0 Å². The number of aromatic nitrogens is 3. The third-order valence-electron chi connectivity index (χ3n) is 3.22. The Balaban J connectivity index is 1.79. The fourth-order valence-electron chi connectivity index (χ4n) is 2.14. The first-order valence-electron chi connectivity index (χ1n) is 7.30. The highest BCUT2D eigenvalue weighted by molar-refractivity contribution is 6.35. The summed E-state index contributed by atoms with van der Waals surface area (Å²) < 4.78 is 0. The number of hydrogen-bond acceptors (Lipinski definition) is 6. The van der Waals surface area contributed by atoms with E-state index in [-0.39, 0.29) is 11.7 Å². The fourth-order valence-corrected chi connectivity index (χ4v) is 2.66. The predicted molar refractivity (Wildman–Crippen MR) is 99.3 cm³/mol. The summed E-state index contributed by atoms with van der Waals surface area (Å²) in [6, 6.07) is 12.2. The van der Waals surface area contributed by atoms with Gasteiger partial charge in [0, 0.05) is 27.0 Å². The van der Waals surface area contributed by atoms with Crippen molar-refractivity contribution in [2.45, 2.75) is 6.92 Å². The molecule has 0 amide bonds. The standard InChI is InChI=1S/C17H13Cl2N5O/c1-10(25)11-3-2-4-14(5-11)21-16-9-20-24-17(23-16)22-15-7-12(18)6-13(19)8-15/h2-9H,1H3,(H2,21,22,23,24). The second-order valence-corrected chi connectivity index (χ2v) is 6.08. The average Bonchev–Trinajstić information content (AvgIpc) is 2.54. The summed E-state index contributed by atoms with van der Waals surface area (Å²) in [7, 11) is 0. The van der Waals surface area contributed by atoms with Gasteiger partial charge in [0.1, 0.15) is 0 Å². The Bertz CT molecular complexity index is 912. The second kappa shape index (κ2) is 7.46. The van der Waals surface area contributed by atoms with E-state index < -0.39 is 0 Å². The first-order valence-corrected chi connectivity index (χ1v) is 8.06. The minimum absolute atomic E-state index is 0.00958. The summed E-state index contributed by atoms with van der Waals surface area (Å²) in [5.74, 6) is 0.752. The van der Waals surface area contributed by atoms with E-state index in [9.17, 15) is 4.79 Å². The number of halogens is 2. The number of ketones is 1. The topological polar surface area (TPSA) is 79.8 Å². The van der Waals surface area contributed by atoms with E-state index >= 15 is 0 Å². The zero-order chi connectivity index (χ0) is 17.8. The van der Waals surface area contributed by atoms with Gasteiger partial charge in [-0.2, -0.15) is 10.1 Å². The van der Waals surface area contributed by atoms with Crippen molar-refractivity contribution < 1.29 is 4.79 Å². The molecule has 1 aromatic heterocycles. The van der Waals surface area contributed by atoms with Crippen molar-refractivity contribution in [1.82, 2.24) is 15.2 Å². The largest absolute Gasteiger partial charge is 0.339 e. The van der Waals surface area contributed by atoms with Crippen molar-refractivity contribution in [2.75, 3.05) is 10.6 Å². The van der Waals surface area contributed by atoms with Crippen molar-refractivity contribution in [3.63, 3.8) is 0 Å². The zero-order valence-electron chi connectivity index (χ0n) is 13.1. The molecule has 0 atom stereocenters. The van der Waals surface area contributed by atoms with Crippen LogP contribution in [0.15, 0.2) is 48.7 Å². The van der Waals surface area contributed by atoms with Crippen molar-refractivity contribution in [1.29, 1.82) is 0 Å². The van der Waals surface area contributed by atoms with Gasteiger partial charge in [0.15, 0.2) is 11.6 Å². The number of benzene rings is 2. The molecule has 0 bridgehead atoms. The lowest BCUT2D eigenvalue weighted by Gasteiger charge is -2.09. The minimum Gasteiger partial charge on any atom is -0.339 e. The Morgan fingerprint density at radius 1 is 1.00 bits per heavy atom. The number of nitrogens with one attached hydrogen (secondary N) is 2. The molecule has 3 aromatic rings. The molecule has 1 heterocycles. The lowest BCUT2D eigenvalue weighted by Crippen LogP contribution is -2.03. The van der Waals surface area contributed by atoms with Gasteiger partial charge in [0.25, 0.3) is 0 Å². The van der Waals surface area contributed by atoms with Crippen LogP contribution in [0, 0.1) is 0 Å². The molecule has 0 spiro atoms. The molecule has 0 aliphatic rings. The molecule has 0 aliphatic carbocycles. The number of rotatable bonds is 5. The highest BCUT2D eigenvalue weighted by Crippen LogP contribution is 2.24. The number of nitrogens with zero attached hydrogens (tertiary/aromatic N) is 3. The molecule has 2 aromatic carbocycles. The van der Waals surface area contributed by atoms with Gasteiger partial charge in [-0.25, -0.2) is 0 Å². The molecule has 0 saturated carbocycles. The summed E-state index contributed by atoms with van der Waals surface area (Å²) in [5.41, 5.74) is 1.99. The maximum absolute atomic E-state index is 11.5. The lowest BCUT2D eigenvalue weighted by atomic mass is 10.1. The highest BCUT2D eigenvalue weighted by atomic mass is 35.5. The summed E-state index contributed by atoms with van der Waals surface area (Å²) in [4.78, 5) is 15.8. The second-order valence-electron chi connectivity index (χ2n) is 5.21. The molecule has 8 heteroatoms. The minimum atomic E-state index is -0.00958. The molecule has 126 valence electrons. The number of anilines is 4. The van der Waals surface area contributed by atoms with Crippen LogP contribution in [0.4, 0.5) is 23.1 Å². The van der Waals surface area contributed by atoms with E-state index in [0.717, 1.165) is 5.69 Å². The molecule has 0 unspecified atom stereocenters. The Labute approximate surface area is 154 Å². The Morgan fingerprint density at radius 3 is 2.48 bits per heavy atom. The molecule has 6 nitrogen and oxygen atoms in total. The van der Waals surface area contributed by atoms with Crippen molar-refractivity contribution in [3.8, 4) is 0 Å². The third kappa shape index (κ3) is 4.65. The molecular weight excluding hydrogens is 361 g/mol. The van der Waals surface area contributed by atoms with Crippen molar-refractivity contribution in [2.24, 2.45) is 0 Å². The summed E-state index contributed by atoms with van der Waals surface area (Å²) in [6.07, 6.45) is 1.48. The first-order chi connectivity index (χ1) is 12.0. The molecule has 3 rings (SSSR count). The maximum atomic E-state index is 11.5. The molecule has 0 aliphatic heterocycles. The Kier molecular flexibility index (Phi) is 5.11. The third-order valence-corrected chi connectivity index (χ3v) is 3.66. The normalized spacial score (nSPS) is 10.4. The van der Waals surface area contributed by atoms with E-state index in [0.29, 0.717) is 27.1 Å². The van der Waals surface area contributed by atoms with Crippen LogP contribution < -0.4 is 10.6 Å². The van der Waals surface area contributed by atoms with E-state index in [1.807, 2.05) is 6.07 Å². The lowest BCUT2D eigenvalue weighted by molar-refractivity contribution is 0.101. The molecule has 0 saturated heterocycles. The van der Waals surface area contributed by atoms with Crippen LogP contribution in [0.1, 0.15) is 17.3 Å². The van der Waals surface area contributed by atoms with E-state index in [4.69, 9.17) is 23.2 Å². The summed E-state index contributed by atoms with van der Waals surface area (Å²) in [6.45, 7) is 1.52. The van der Waals surface area contributed by atoms with Crippen molar-refractivity contribution >= 4 is 52.1 Å². The van der Waals surface area contributed by atoms with Gasteiger partial charge in [-0.15, -0.1) is 5.10 Å². The van der Waals surface area contributed by atoms with Gasteiger partial charge in [-0.05, 0) is 37.3 Å². The number of carbonyl (C=O) groups is 1. The average molecular weight is 374 g/mol. The fraction of sp³-hybridized carbons (Fsp3) is 0.0588. The van der Waals surface area contributed by atoms with Crippen LogP contribution in [0.2, 0.25) is 10.0 Å². The monoisotopic (exact) mass is 373 g/mol. The number of hydrogen-bond donors (Lipinski definition) is 2. The molecular formula is C17H13Cl2N5O. The Hall–Kier alpha value is -2.70. The number of carbonyl (C=O) groups excluding carboxylic acids is 1.